The molecule has 31 heteroatoms. The average molecular weight is 1720 g/mol. The molecule has 0 bridgehead atoms. The van der Waals surface area contributed by atoms with Crippen LogP contribution in [0.1, 0.15) is 201 Å². The number of halogens is 6. The zero-order valence-electron chi connectivity index (χ0n) is 64.6. The molecular formula is C73H108F6IrN10O10P2S2-2. The number of likely N-dealkylation sites (tertiary alicyclic amines) is 2. The molecule has 6 heterocycles. The van der Waals surface area contributed by atoms with Crippen molar-refractivity contribution in [3.05, 3.63) is 112 Å². The zero-order valence-corrected chi connectivity index (χ0v) is 67.5. The molecule has 2 saturated heterocycles. The van der Waals surface area contributed by atoms with Crippen LogP contribution in [0, 0.1) is 14.1 Å². The van der Waals surface area contributed by atoms with Gasteiger partial charge in [-0.25, -0.2) is 55.7 Å². The van der Waals surface area contributed by atoms with Crippen LogP contribution in [-0.2, 0) is 49.3 Å². The van der Waals surface area contributed by atoms with Gasteiger partial charge in [-0.1, -0.05) is 51.0 Å². The number of benzene rings is 2. The maximum absolute atomic E-state index is 12.3. The van der Waals surface area contributed by atoms with Crippen molar-refractivity contribution in [1.82, 2.24) is 49.3 Å². The summed E-state index contributed by atoms with van der Waals surface area (Å²) in [5, 5.41) is 9.82. The Morgan fingerprint density at radius 3 is 1.14 bits per heavy atom. The summed E-state index contributed by atoms with van der Waals surface area (Å²) in [5.74, 6) is 0.734. The second kappa shape index (κ2) is 37.3. The molecule has 4 aromatic heterocycles. The third kappa shape index (κ3) is 28.1. The number of hydrogen-bond donors (Lipinski definition) is 0. The van der Waals surface area contributed by atoms with Gasteiger partial charge in [0.2, 0.25) is 11.8 Å². The summed E-state index contributed by atoms with van der Waals surface area (Å²) < 4.78 is 155. The third-order valence-corrected chi connectivity index (χ3v) is 26.2. The molecule has 4 aliphatic carbocycles. The number of allylic oxidation sites excluding steroid dienone is 4. The number of amides is 2. The summed E-state index contributed by atoms with van der Waals surface area (Å²) in [7, 11) is -17.2. The first kappa shape index (κ1) is 83.8. The number of fused-ring (bicyclic) bond motifs is 2. The van der Waals surface area contributed by atoms with Gasteiger partial charge in [0.05, 0.1) is 36.3 Å². The van der Waals surface area contributed by atoms with E-state index in [4.69, 9.17) is 29.7 Å². The second-order valence-electron chi connectivity index (χ2n) is 28.8. The normalized spacial score (nSPS) is 19.1. The van der Waals surface area contributed by atoms with E-state index < -0.39 is 45.9 Å². The van der Waals surface area contributed by atoms with Crippen LogP contribution in [0.15, 0.2) is 108 Å². The van der Waals surface area contributed by atoms with Gasteiger partial charge in [-0.3, -0.25) is 0 Å². The summed E-state index contributed by atoms with van der Waals surface area (Å²) in [6, 6.07) is 8.47. The molecule has 2 amide bonds. The zero-order chi connectivity index (χ0) is 77.2. The number of piperidine rings is 2. The van der Waals surface area contributed by atoms with Gasteiger partial charge in [-0.2, -0.15) is 16.9 Å². The summed E-state index contributed by atoms with van der Waals surface area (Å²) in [6.07, 6.45) is 46.5. The molecule has 6 aromatic rings. The molecule has 0 atom stereocenters. The van der Waals surface area contributed by atoms with Gasteiger partial charge in [-0.05, 0) is 193 Å². The molecule has 3 saturated carbocycles. The van der Waals surface area contributed by atoms with Crippen LogP contribution >= 0.6 is 15.1 Å². The molecule has 5 fully saturated rings. The summed E-state index contributed by atoms with van der Waals surface area (Å²) in [6.45, 7) is 18.2. The molecule has 6 aliphatic rings. The van der Waals surface area contributed by atoms with Crippen LogP contribution in [0.5, 0.6) is 11.8 Å². The smallest absolute Gasteiger partial charge is 0.410 e. The Kier molecular flexibility index (Phi) is 30.1. The van der Waals surface area contributed by atoms with Gasteiger partial charge < -0.3 is 36.2 Å². The molecule has 20 nitrogen and oxygen atoms in total. The fraction of sp³-hybridized carbons (Fsp3) is 0.589. The standard InChI is InChI=1S/2C22H27N5O5S.C19H35P.C8H12.CH4.CH3.F6P.Ir/c2*1-22(2,3)32-21(28)26-11-9-16(10-12-26)31-20-18-13-25-27(19(18)23-14-24-20)15-5-7-17(8-6-15)33(4,29)30;1-20(17-11-5-2-6-12-17,18-13-7-3-8-14-18)19-15-9-4-10-16-19;1-2-4-6-8-7-5-3-1;;;1-7(2,3,4,5)6;/h2*5-8,13-14,16H,9-12H2,1-4H3;17-19H,1-16H2;1-2,7-8H,3-6H2;1H4;1H3;;/q;;;;;2*-1;/b;;;2-1-,8-7?;;;;/i5T,6T;;;;1T;;;. The molecule has 12 rings (SSSR count). The van der Waals surface area contributed by atoms with Crippen molar-refractivity contribution in [3.8, 4) is 23.1 Å². The molecule has 2 aliphatic heterocycles. The number of rotatable bonds is 11. The number of hydrogen-bond acceptors (Lipinski definition) is 16. The fourth-order valence-electron chi connectivity index (χ4n) is 13.4. The number of aromatic nitrogens is 8. The van der Waals surface area contributed by atoms with Gasteiger partial charge in [-0.15, -0.1) is 7.26 Å². The van der Waals surface area contributed by atoms with Crippen molar-refractivity contribution >= 4 is 69.0 Å². The molecule has 1 radical (unpaired) electrons. The van der Waals surface area contributed by atoms with Gasteiger partial charge >= 0.3 is 45.2 Å². The number of ether oxygens (including phenoxy) is 4. The quantitative estimate of drug-likeness (QED) is 0.0508. The maximum Gasteiger partial charge on any atom is 0.410 e. The van der Waals surface area contributed by atoms with Crippen molar-refractivity contribution in [3.63, 3.8) is 0 Å². The molecular weight excluding hydrogens is 1610 g/mol. The van der Waals surface area contributed by atoms with E-state index in [9.17, 15) is 51.6 Å². The Morgan fingerprint density at radius 2 is 0.837 bits per heavy atom. The first-order chi connectivity index (χ1) is 49.1. The molecule has 585 valence electrons. The minimum Gasteiger partial charge on any atom is -0.474 e. The van der Waals surface area contributed by atoms with Crippen LogP contribution in [0.2, 0.25) is 0 Å². The van der Waals surface area contributed by atoms with E-state index in [0.717, 1.165) is 23.2 Å². The van der Waals surface area contributed by atoms with Crippen LogP contribution in [0.25, 0.3) is 33.4 Å². The Labute approximate surface area is 630 Å². The largest absolute Gasteiger partial charge is 0.474 e. The fourth-order valence-corrected chi connectivity index (χ4v) is 20.4. The van der Waals surface area contributed by atoms with Crippen LogP contribution in [-0.4, -0.2) is 157 Å². The van der Waals surface area contributed by atoms with Crippen LogP contribution in [0.3, 0.4) is 0 Å². The minimum atomic E-state index is -10.7. The van der Waals surface area contributed by atoms with Crippen molar-refractivity contribution < 1.29 is 94.8 Å². The molecule has 0 N–H and O–H groups in total. The van der Waals surface area contributed by atoms with Crippen molar-refractivity contribution in [2.45, 2.75) is 247 Å². The van der Waals surface area contributed by atoms with Gasteiger partial charge in [0.1, 0.15) is 46.8 Å². The van der Waals surface area contributed by atoms with Gasteiger partial charge in [0, 0.05) is 103 Å². The van der Waals surface area contributed by atoms with E-state index in [-0.39, 0.29) is 79.5 Å². The van der Waals surface area contributed by atoms with E-state index in [1.807, 2.05) is 41.5 Å². The molecule has 0 spiro atoms. The van der Waals surface area contributed by atoms with Gasteiger partial charge in [0.25, 0.3) is 0 Å². The van der Waals surface area contributed by atoms with E-state index in [1.54, 1.807) is 71.3 Å². The first-order valence-electron chi connectivity index (χ1n) is 37.0. The monoisotopic (exact) mass is 1720 g/mol. The molecule has 0 unspecified atom stereocenters. The van der Waals surface area contributed by atoms with Crippen molar-refractivity contribution in [2.75, 3.05) is 38.7 Å². The Hall–Kier alpha value is -5.85. The van der Waals surface area contributed by atoms with Crippen LogP contribution in [0.4, 0.5) is 34.8 Å². The Bertz CT molecular complexity index is 4040. The average Bonchev–Trinajstić information content (AvgIpc) is 1.23. The Balaban J connectivity index is 0.000000262. The maximum atomic E-state index is 12.3. The van der Waals surface area contributed by atoms with E-state index >= 15 is 0 Å². The number of nitrogens with zero attached hydrogens (tertiary/aromatic N) is 10. The predicted molar refractivity (Wildman–Crippen MR) is 399 cm³/mol. The van der Waals surface area contributed by atoms with Crippen molar-refractivity contribution in [1.29, 1.82) is 0 Å². The van der Waals surface area contributed by atoms with Crippen molar-refractivity contribution in [2.24, 2.45) is 0 Å². The van der Waals surface area contributed by atoms with E-state index in [0.29, 0.717) is 91.4 Å². The molecule has 104 heavy (non-hydrogen) atoms. The predicted octanol–water partition coefficient (Wildman–Crippen LogP) is 19.9. The summed E-state index contributed by atoms with van der Waals surface area (Å²) in [4.78, 5) is 45.1. The number of carbonyl (C=O) groups excluding carboxylic acids is 2. The van der Waals surface area contributed by atoms with E-state index in [2.05, 4.69) is 54.4 Å². The second-order valence-corrected chi connectivity index (χ2v) is 38.9. The summed E-state index contributed by atoms with van der Waals surface area (Å²) in [5.41, 5.74) is 3.79. The number of carbonyl (C=O) groups is 2. The topological polar surface area (TPSA) is 233 Å². The summed E-state index contributed by atoms with van der Waals surface area (Å²) >= 11 is 0. The number of sulfone groups is 2. The van der Waals surface area contributed by atoms with E-state index in [1.165, 1.54) is 145 Å². The van der Waals surface area contributed by atoms with Gasteiger partial charge in [0.15, 0.2) is 31.0 Å². The third-order valence-electron chi connectivity index (χ3n) is 18.4. The Morgan fingerprint density at radius 1 is 0.529 bits per heavy atom. The first-order valence-corrected chi connectivity index (χ1v) is 43.0. The minimum absolute atomic E-state index is 0. The van der Waals surface area contributed by atoms with Crippen LogP contribution < -0.4 is 9.47 Å². The SMILES string of the molecule is C1=CCC/C=C\CC1.CC(C)(C)OC(=O)N1CCC(Oc2ncnc3c2cnn3-c2ccc(S(C)(=O)=O)cc2)CC1.F[P-](F)(F)(F)(F)F.[3H]C.[3H]c1cc(S(C)(=O)=O)cc([3H])c1-n1ncc2c(OC3CCN(C(=O)OC(C)(C)C)CC3)ncnc21.[CH2-][P+](C1CCCCC1)(C1CCCCC1)C1CCCCC1.[CH3-].[Ir]. The molecule has 2 aromatic carbocycles.